The summed E-state index contributed by atoms with van der Waals surface area (Å²) in [6.07, 6.45) is 3.06. The molecule has 0 radical (unpaired) electrons. The predicted octanol–water partition coefficient (Wildman–Crippen LogP) is 3.11. The minimum absolute atomic E-state index is 0.0442. The minimum atomic E-state index is -0.212. The van der Waals surface area contributed by atoms with Crippen molar-refractivity contribution in [2.24, 2.45) is 5.92 Å². The molecule has 27 heavy (non-hydrogen) atoms. The summed E-state index contributed by atoms with van der Waals surface area (Å²) in [5, 5.41) is 13.7. The fourth-order valence-corrected chi connectivity index (χ4v) is 3.35. The molecular weight excluding hydrogens is 348 g/mol. The van der Waals surface area contributed by atoms with Crippen LogP contribution in [0, 0.1) is 12.8 Å². The molecule has 8 heteroatoms. The first-order valence-corrected chi connectivity index (χ1v) is 9.36. The van der Waals surface area contributed by atoms with Crippen LogP contribution >= 0.6 is 0 Å². The van der Waals surface area contributed by atoms with Crippen LogP contribution in [0.4, 0.5) is 5.82 Å². The van der Waals surface area contributed by atoms with E-state index in [9.17, 15) is 9.59 Å². The zero-order valence-corrected chi connectivity index (χ0v) is 15.9. The van der Waals surface area contributed by atoms with Gasteiger partial charge in [0.15, 0.2) is 5.82 Å². The van der Waals surface area contributed by atoms with Gasteiger partial charge in [0, 0.05) is 30.2 Å². The molecule has 2 aromatic heterocycles. The van der Waals surface area contributed by atoms with Crippen molar-refractivity contribution in [3.05, 3.63) is 29.3 Å². The SMILES string of the molecule is Cc1cc(CC(=O)Nc2cc(C3CCC(OC(=O)CC(C)C)C3)[nH]n2)on1. The Kier molecular flexibility index (Phi) is 5.93. The number of aryl methyl sites for hydroxylation is 1. The van der Waals surface area contributed by atoms with Gasteiger partial charge in [-0.1, -0.05) is 19.0 Å². The number of H-pyrrole nitrogens is 1. The van der Waals surface area contributed by atoms with Gasteiger partial charge in [0.05, 0.1) is 12.1 Å². The summed E-state index contributed by atoms with van der Waals surface area (Å²) in [7, 11) is 0. The second kappa shape index (κ2) is 8.37. The molecule has 146 valence electrons. The summed E-state index contributed by atoms with van der Waals surface area (Å²) in [6, 6.07) is 3.57. The van der Waals surface area contributed by atoms with Gasteiger partial charge in [-0.3, -0.25) is 14.7 Å². The summed E-state index contributed by atoms with van der Waals surface area (Å²) in [5.74, 6) is 1.20. The third-order valence-electron chi connectivity index (χ3n) is 4.57. The first-order chi connectivity index (χ1) is 12.9. The van der Waals surface area contributed by atoms with Gasteiger partial charge in [0.1, 0.15) is 11.9 Å². The van der Waals surface area contributed by atoms with Crippen LogP contribution in [-0.2, 0) is 20.7 Å². The smallest absolute Gasteiger partial charge is 0.306 e. The highest BCUT2D eigenvalue weighted by Crippen LogP contribution is 2.36. The molecular formula is C19H26N4O4. The van der Waals surface area contributed by atoms with E-state index >= 15 is 0 Å². The van der Waals surface area contributed by atoms with Crippen LogP contribution in [-0.4, -0.2) is 33.3 Å². The zero-order chi connectivity index (χ0) is 19.4. The maximum Gasteiger partial charge on any atom is 0.306 e. The number of hydrogen-bond acceptors (Lipinski definition) is 6. The Morgan fingerprint density at radius 1 is 1.37 bits per heavy atom. The maximum absolute atomic E-state index is 12.1. The average molecular weight is 374 g/mol. The molecule has 0 bridgehead atoms. The maximum atomic E-state index is 12.1. The summed E-state index contributed by atoms with van der Waals surface area (Å²) in [6.45, 7) is 5.81. The Morgan fingerprint density at radius 3 is 2.89 bits per heavy atom. The first kappa shape index (κ1) is 19.1. The van der Waals surface area contributed by atoms with Gasteiger partial charge in [-0.25, -0.2) is 0 Å². The number of anilines is 1. The van der Waals surface area contributed by atoms with E-state index in [0.717, 1.165) is 30.7 Å². The fraction of sp³-hybridized carbons (Fsp3) is 0.579. The number of hydrogen-bond donors (Lipinski definition) is 2. The number of carbonyl (C=O) groups is 2. The van der Waals surface area contributed by atoms with Crippen LogP contribution in [0.5, 0.6) is 0 Å². The van der Waals surface area contributed by atoms with Crippen LogP contribution < -0.4 is 5.32 Å². The zero-order valence-electron chi connectivity index (χ0n) is 15.9. The molecule has 1 saturated carbocycles. The number of carbonyl (C=O) groups excluding carboxylic acids is 2. The second-order valence-corrected chi connectivity index (χ2v) is 7.59. The molecule has 2 heterocycles. The number of nitrogens with one attached hydrogen (secondary N) is 2. The van der Waals surface area contributed by atoms with E-state index in [1.165, 1.54) is 0 Å². The van der Waals surface area contributed by atoms with Gasteiger partial charge in [0.25, 0.3) is 0 Å². The van der Waals surface area contributed by atoms with Gasteiger partial charge in [-0.2, -0.15) is 5.10 Å². The van der Waals surface area contributed by atoms with Crippen LogP contribution in [0.15, 0.2) is 16.7 Å². The molecule has 2 unspecified atom stereocenters. The van der Waals surface area contributed by atoms with E-state index in [-0.39, 0.29) is 30.3 Å². The average Bonchev–Trinajstić information content (AvgIpc) is 3.28. The molecule has 1 aliphatic carbocycles. The van der Waals surface area contributed by atoms with E-state index in [4.69, 9.17) is 9.26 Å². The molecule has 3 rings (SSSR count). The Balaban J connectivity index is 1.49. The molecule has 1 fully saturated rings. The van der Waals surface area contributed by atoms with Crippen molar-refractivity contribution in [3.8, 4) is 0 Å². The topological polar surface area (TPSA) is 110 Å². The molecule has 0 aliphatic heterocycles. The molecule has 8 nitrogen and oxygen atoms in total. The first-order valence-electron chi connectivity index (χ1n) is 9.36. The van der Waals surface area contributed by atoms with Crippen molar-refractivity contribution in [3.63, 3.8) is 0 Å². The Bertz CT molecular complexity index is 795. The summed E-state index contributed by atoms with van der Waals surface area (Å²) in [4.78, 5) is 23.9. The van der Waals surface area contributed by atoms with Gasteiger partial charge >= 0.3 is 5.97 Å². The third-order valence-corrected chi connectivity index (χ3v) is 4.57. The van der Waals surface area contributed by atoms with Crippen LogP contribution in [0.1, 0.15) is 62.6 Å². The Labute approximate surface area is 158 Å². The van der Waals surface area contributed by atoms with E-state index < -0.39 is 0 Å². The fourth-order valence-electron chi connectivity index (χ4n) is 3.35. The largest absolute Gasteiger partial charge is 0.462 e. The number of esters is 1. The number of aromatic amines is 1. The second-order valence-electron chi connectivity index (χ2n) is 7.59. The van der Waals surface area contributed by atoms with Crippen LogP contribution in [0.2, 0.25) is 0 Å². The van der Waals surface area contributed by atoms with E-state index in [2.05, 4.69) is 20.7 Å². The minimum Gasteiger partial charge on any atom is -0.462 e. The van der Waals surface area contributed by atoms with Crippen molar-refractivity contribution < 1.29 is 18.8 Å². The van der Waals surface area contributed by atoms with Crippen molar-refractivity contribution in [1.29, 1.82) is 0 Å². The molecule has 2 N–H and O–H groups in total. The molecule has 2 atom stereocenters. The number of ether oxygens (including phenoxy) is 1. The predicted molar refractivity (Wildman–Crippen MR) is 98.1 cm³/mol. The number of nitrogens with zero attached hydrogens (tertiary/aromatic N) is 2. The summed E-state index contributed by atoms with van der Waals surface area (Å²) >= 11 is 0. The van der Waals surface area contributed by atoms with Gasteiger partial charge in [-0.15, -0.1) is 0 Å². The lowest BCUT2D eigenvalue weighted by Crippen LogP contribution is -2.16. The Morgan fingerprint density at radius 2 is 2.19 bits per heavy atom. The molecule has 0 aromatic carbocycles. The van der Waals surface area contributed by atoms with Crippen LogP contribution in [0.3, 0.4) is 0 Å². The highest BCUT2D eigenvalue weighted by atomic mass is 16.5. The Hall–Kier alpha value is -2.64. The normalized spacial score (nSPS) is 19.4. The lowest BCUT2D eigenvalue weighted by atomic mass is 10.0. The number of amides is 1. The van der Waals surface area contributed by atoms with Gasteiger partial charge in [-0.05, 0) is 32.1 Å². The number of rotatable bonds is 7. The molecule has 0 spiro atoms. The standard InChI is InChI=1S/C19H26N4O4/c1-11(2)6-19(25)26-14-5-4-13(8-14)16-10-17(22-21-16)20-18(24)9-15-7-12(3)23-27-15/h7,10-11,13-14H,4-6,8-9H2,1-3H3,(H2,20,21,22,24). The molecule has 2 aromatic rings. The lowest BCUT2D eigenvalue weighted by Gasteiger charge is -2.13. The van der Waals surface area contributed by atoms with Crippen molar-refractivity contribution in [2.75, 3.05) is 5.32 Å². The lowest BCUT2D eigenvalue weighted by molar-refractivity contribution is -0.149. The summed E-state index contributed by atoms with van der Waals surface area (Å²) < 4.78 is 10.6. The van der Waals surface area contributed by atoms with E-state index in [1.54, 1.807) is 13.0 Å². The van der Waals surface area contributed by atoms with Crippen molar-refractivity contribution in [1.82, 2.24) is 15.4 Å². The molecule has 1 amide bonds. The quantitative estimate of drug-likeness (QED) is 0.721. The third kappa shape index (κ3) is 5.42. The molecule has 1 aliphatic rings. The van der Waals surface area contributed by atoms with E-state index in [0.29, 0.717) is 23.9 Å². The van der Waals surface area contributed by atoms with Gasteiger partial charge < -0.3 is 14.6 Å². The highest BCUT2D eigenvalue weighted by Gasteiger charge is 2.30. The number of aromatic nitrogens is 3. The summed E-state index contributed by atoms with van der Waals surface area (Å²) in [5.41, 5.74) is 1.69. The van der Waals surface area contributed by atoms with Crippen molar-refractivity contribution in [2.45, 2.75) is 64.9 Å². The van der Waals surface area contributed by atoms with E-state index in [1.807, 2.05) is 19.9 Å². The van der Waals surface area contributed by atoms with Crippen molar-refractivity contribution >= 4 is 17.7 Å². The van der Waals surface area contributed by atoms with Gasteiger partial charge in [0.2, 0.25) is 5.91 Å². The monoisotopic (exact) mass is 374 g/mol. The van der Waals surface area contributed by atoms with Crippen LogP contribution in [0.25, 0.3) is 0 Å². The highest BCUT2D eigenvalue weighted by molar-refractivity contribution is 5.91. The molecule has 0 saturated heterocycles.